The molecule has 1 aliphatic heterocycles. The number of rotatable bonds is 10. The quantitative estimate of drug-likeness (QED) is 0.351. The zero-order valence-electron chi connectivity index (χ0n) is 16.0. The van der Waals surface area contributed by atoms with Crippen LogP contribution >= 0.6 is 0 Å². The Morgan fingerprint density at radius 2 is 1.89 bits per heavy atom. The summed E-state index contributed by atoms with van der Waals surface area (Å²) in [6, 6.07) is 7.48. The Kier molecular flexibility index (Phi) is 6.92. The van der Waals surface area contributed by atoms with E-state index < -0.39 is 0 Å². The lowest BCUT2D eigenvalue weighted by Crippen LogP contribution is -2.50. The van der Waals surface area contributed by atoms with Crippen molar-refractivity contribution in [3.8, 4) is 11.3 Å². The van der Waals surface area contributed by atoms with E-state index in [-0.39, 0.29) is 23.5 Å². The van der Waals surface area contributed by atoms with Gasteiger partial charge in [0.25, 0.3) is 0 Å². The highest BCUT2D eigenvalue weighted by atomic mass is 19.1. The van der Waals surface area contributed by atoms with Gasteiger partial charge in [0.15, 0.2) is 11.5 Å². The predicted octanol–water partition coefficient (Wildman–Crippen LogP) is 3.72. The van der Waals surface area contributed by atoms with E-state index >= 15 is 0 Å². The Bertz CT molecular complexity index is 797. The van der Waals surface area contributed by atoms with E-state index in [9.17, 15) is 14.0 Å². The van der Waals surface area contributed by atoms with Gasteiger partial charge >= 0.3 is 5.97 Å². The van der Waals surface area contributed by atoms with Crippen molar-refractivity contribution in [3.63, 3.8) is 0 Å². The third-order valence-electron chi connectivity index (χ3n) is 5.04. The molecule has 6 nitrogen and oxygen atoms in total. The number of carbonyl (C=O) groups excluding carboxylic acids is 2. The number of hydrogen-bond acceptors (Lipinski definition) is 6. The predicted molar refractivity (Wildman–Crippen MR) is 101 cm³/mol. The molecule has 0 aliphatic carbocycles. The molecular weight excluding hydrogens is 363 g/mol. The third kappa shape index (κ3) is 5.25. The number of ether oxygens (including phenoxy) is 1. The van der Waals surface area contributed by atoms with Crippen molar-refractivity contribution in [3.05, 3.63) is 41.8 Å². The molecule has 7 heteroatoms. The summed E-state index contributed by atoms with van der Waals surface area (Å²) in [6.07, 6.45) is 4.32. The molecule has 2 aromatic rings. The van der Waals surface area contributed by atoms with Crippen LogP contribution in [0, 0.1) is 11.7 Å². The van der Waals surface area contributed by atoms with Crippen molar-refractivity contribution in [2.45, 2.75) is 32.1 Å². The number of carbonyl (C=O) groups is 2. The summed E-state index contributed by atoms with van der Waals surface area (Å²) in [5.74, 6) is 0.0102. The SMILES string of the molecule is COC(=O)C1CN(CCCCCCC(=O)c2cc(-c3ccc(F)cc3)on2)C1. The van der Waals surface area contributed by atoms with Crippen LogP contribution in [0.3, 0.4) is 0 Å². The average Bonchev–Trinajstić information content (AvgIpc) is 3.16. The minimum Gasteiger partial charge on any atom is -0.469 e. The van der Waals surface area contributed by atoms with E-state index in [1.165, 1.54) is 19.2 Å². The zero-order chi connectivity index (χ0) is 19.9. The van der Waals surface area contributed by atoms with Gasteiger partial charge in [-0.1, -0.05) is 18.0 Å². The second-order valence-corrected chi connectivity index (χ2v) is 7.15. The minimum atomic E-state index is -0.322. The van der Waals surface area contributed by atoms with Crippen LogP contribution in [0.5, 0.6) is 0 Å². The molecule has 2 heterocycles. The van der Waals surface area contributed by atoms with Gasteiger partial charge in [0.05, 0.1) is 13.0 Å². The molecule has 0 spiro atoms. The number of likely N-dealkylation sites (tertiary alicyclic amines) is 1. The van der Waals surface area contributed by atoms with E-state index in [1.807, 2.05) is 0 Å². The molecule has 0 atom stereocenters. The first-order valence-corrected chi connectivity index (χ1v) is 9.63. The average molecular weight is 388 g/mol. The summed E-state index contributed by atoms with van der Waals surface area (Å²) in [5.41, 5.74) is 1.00. The van der Waals surface area contributed by atoms with Gasteiger partial charge in [-0.25, -0.2) is 4.39 Å². The largest absolute Gasteiger partial charge is 0.469 e. The normalized spacial score (nSPS) is 14.6. The number of unbranched alkanes of at least 4 members (excludes halogenated alkanes) is 3. The molecule has 1 fully saturated rings. The van der Waals surface area contributed by atoms with Gasteiger partial charge in [0, 0.05) is 31.1 Å². The maximum absolute atomic E-state index is 13.0. The second-order valence-electron chi connectivity index (χ2n) is 7.15. The lowest BCUT2D eigenvalue weighted by atomic mass is 9.99. The Hall–Kier alpha value is -2.54. The molecule has 0 saturated carbocycles. The van der Waals surface area contributed by atoms with E-state index in [0.29, 0.717) is 23.4 Å². The highest BCUT2D eigenvalue weighted by Crippen LogP contribution is 2.22. The third-order valence-corrected chi connectivity index (χ3v) is 5.04. The van der Waals surface area contributed by atoms with Crippen molar-refractivity contribution >= 4 is 11.8 Å². The maximum atomic E-state index is 13.0. The van der Waals surface area contributed by atoms with Gasteiger partial charge in [-0.05, 0) is 43.7 Å². The zero-order valence-corrected chi connectivity index (χ0v) is 16.0. The molecule has 0 unspecified atom stereocenters. The fourth-order valence-corrected chi connectivity index (χ4v) is 3.33. The first kappa shape index (κ1) is 20.2. The molecule has 1 aliphatic rings. The van der Waals surface area contributed by atoms with Crippen LogP contribution in [-0.4, -0.2) is 48.6 Å². The van der Waals surface area contributed by atoms with Gasteiger partial charge in [-0.15, -0.1) is 0 Å². The van der Waals surface area contributed by atoms with Crippen LogP contribution in [0.4, 0.5) is 4.39 Å². The molecule has 1 aromatic heterocycles. The van der Waals surface area contributed by atoms with Crippen LogP contribution in [0.1, 0.15) is 42.6 Å². The Morgan fingerprint density at radius 1 is 1.18 bits per heavy atom. The maximum Gasteiger partial charge on any atom is 0.311 e. The Balaban J connectivity index is 1.30. The number of esters is 1. The number of halogens is 1. The first-order chi connectivity index (χ1) is 13.6. The monoisotopic (exact) mass is 388 g/mol. The van der Waals surface area contributed by atoms with Gasteiger partial charge < -0.3 is 14.2 Å². The van der Waals surface area contributed by atoms with Crippen molar-refractivity contribution < 1.29 is 23.2 Å². The summed E-state index contributed by atoms with van der Waals surface area (Å²) in [5, 5.41) is 3.84. The smallest absolute Gasteiger partial charge is 0.311 e. The highest BCUT2D eigenvalue weighted by molar-refractivity contribution is 5.94. The van der Waals surface area contributed by atoms with Crippen molar-refractivity contribution in [2.75, 3.05) is 26.7 Å². The summed E-state index contributed by atoms with van der Waals surface area (Å²) in [6.45, 7) is 2.55. The van der Waals surface area contributed by atoms with Crippen LogP contribution in [0.15, 0.2) is 34.9 Å². The van der Waals surface area contributed by atoms with Gasteiger partial charge in [0.1, 0.15) is 11.5 Å². The van der Waals surface area contributed by atoms with Crippen LogP contribution in [0.2, 0.25) is 0 Å². The van der Waals surface area contributed by atoms with Gasteiger partial charge in [-0.3, -0.25) is 9.59 Å². The second kappa shape index (κ2) is 9.59. The van der Waals surface area contributed by atoms with Crippen molar-refractivity contribution in [2.24, 2.45) is 5.92 Å². The summed E-state index contributed by atoms with van der Waals surface area (Å²) >= 11 is 0. The van der Waals surface area contributed by atoms with Crippen LogP contribution in [0.25, 0.3) is 11.3 Å². The number of nitrogens with zero attached hydrogens (tertiary/aromatic N) is 2. The van der Waals surface area contributed by atoms with E-state index in [4.69, 9.17) is 9.26 Å². The summed E-state index contributed by atoms with van der Waals surface area (Å²) < 4.78 is 22.9. The minimum absolute atomic E-state index is 0.0323. The highest BCUT2D eigenvalue weighted by Gasteiger charge is 2.32. The lowest BCUT2D eigenvalue weighted by Gasteiger charge is -2.37. The number of methoxy groups -OCH3 is 1. The van der Waals surface area contributed by atoms with Gasteiger partial charge in [0.2, 0.25) is 0 Å². The molecule has 1 saturated heterocycles. The summed E-state index contributed by atoms with van der Waals surface area (Å²) in [7, 11) is 1.43. The fourth-order valence-electron chi connectivity index (χ4n) is 3.33. The van der Waals surface area contributed by atoms with Crippen LogP contribution < -0.4 is 0 Å². The molecule has 0 radical (unpaired) electrons. The van der Waals surface area contributed by atoms with E-state index in [2.05, 4.69) is 10.1 Å². The molecule has 150 valence electrons. The standard InChI is InChI=1S/C21H25FN2O4/c1-27-21(26)16-13-24(14-16)11-5-3-2-4-6-19(25)18-12-20(28-23-18)15-7-9-17(22)10-8-15/h7-10,12,16H,2-6,11,13-14H2,1H3. The van der Waals surface area contributed by atoms with Gasteiger partial charge in [-0.2, -0.15) is 0 Å². The van der Waals surface area contributed by atoms with E-state index in [1.54, 1.807) is 18.2 Å². The number of Topliss-reactive ketones (excluding diaryl/α,β-unsaturated/α-hetero) is 1. The first-order valence-electron chi connectivity index (χ1n) is 9.63. The molecule has 0 amide bonds. The fraction of sp³-hybridized carbons (Fsp3) is 0.476. The molecule has 0 bridgehead atoms. The van der Waals surface area contributed by atoms with E-state index in [0.717, 1.165) is 45.3 Å². The molecule has 0 N–H and O–H groups in total. The number of benzene rings is 1. The number of aromatic nitrogens is 1. The lowest BCUT2D eigenvalue weighted by molar-refractivity contribution is -0.151. The summed E-state index contributed by atoms with van der Waals surface area (Å²) in [4.78, 5) is 25.8. The van der Waals surface area contributed by atoms with Crippen LogP contribution in [-0.2, 0) is 9.53 Å². The number of hydrogen-bond donors (Lipinski definition) is 0. The molecule has 1 aromatic carbocycles. The topological polar surface area (TPSA) is 72.6 Å². The molecule has 28 heavy (non-hydrogen) atoms. The van der Waals surface area contributed by atoms with Crippen molar-refractivity contribution in [1.82, 2.24) is 10.1 Å². The molecular formula is C21H25FN2O4. The Morgan fingerprint density at radius 3 is 2.61 bits per heavy atom. The molecule has 3 rings (SSSR count). The Labute approximate surface area is 163 Å². The number of ketones is 1. The van der Waals surface area contributed by atoms with Crippen molar-refractivity contribution in [1.29, 1.82) is 0 Å².